The summed E-state index contributed by atoms with van der Waals surface area (Å²) in [5.41, 5.74) is 0.968. The van der Waals surface area contributed by atoms with E-state index in [1.165, 1.54) is 9.80 Å². The van der Waals surface area contributed by atoms with Crippen molar-refractivity contribution in [2.75, 3.05) is 19.6 Å². The van der Waals surface area contributed by atoms with E-state index in [4.69, 9.17) is 5.11 Å². The lowest BCUT2D eigenvalue weighted by atomic mass is 9.94. The molecule has 146 valence electrons. The van der Waals surface area contributed by atoms with Gasteiger partial charge in [0.25, 0.3) is 11.8 Å². The maximum absolute atomic E-state index is 12.8. The fourth-order valence-electron chi connectivity index (χ4n) is 3.56. The molecule has 2 aromatic rings. The molecular formula is C21H22N2O5. The van der Waals surface area contributed by atoms with Gasteiger partial charge in [-0.25, -0.2) is 0 Å². The van der Waals surface area contributed by atoms with E-state index in [1.54, 1.807) is 24.3 Å². The maximum atomic E-state index is 12.8. The first-order chi connectivity index (χ1) is 13.4. The van der Waals surface area contributed by atoms with Crippen molar-refractivity contribution < 1.29 is 24.3 Å². The van der Waals surface area contributed by atoms with Crippen molar-refractivity contribution in [3.05, 3.63) is 47.5 Å². The van der Waals surface area contributed by atoms with Crippen molar-refractivity contribution in [2.45, 2.75) is 26.2 Å². The minimum Gasteiger partial charge on any atom is -0.480 e. The number of imide groups is 1. The van der Waals surface area contributed by atoms with Crippen molar-refractivity contribution in [2.24, 2.45) is 0 Å². The van der Waals surface area contributed by atoms with Gasteiger partial charge in [0.2, 0.25) is 5.91 Å². The molecule has 0 bridgehead atoms. The minimum atomic E-state index is -1.06. The van der Waals surface area contributed by atoms with E-state index in [-0.39, 0.29) is 43.7 Å². The van der Waals surface area contributed by atoms with Gasteiger partial charge in [-0.05, 0) is 30.4 Å². The van der Waals surface area contributed by atoms with Crippen LogP contribution in [-0.2, 0) is 9.59 Å². The van der Waals surface area contributed by atoms with Gasteiger partial charge in [0.1, 0.15) is 6.54 Å². The van der Waals surface area contributed by atoms with Gasteiger partial charge in [0.15, 0.2) is 0 Å². The SMILES string of the molecule is CCCN(CC(=O)O)C(=O)CCCN1C(=O)c2cccc3cccc(c23)C1=O. The quantitative estimate of drug-likeness (QED) is 0.708. The molecule has 0 aliphatic carbocycles. The Morgan fingerprint density at radius 2 is 1.64 bits per heavy atom. The van der Waals surface area contributed by atoms with E-state index in [0.29, 0.717) is 29.5 Å². The van der Waals surface area contributed by atoms with Crippen LogP contribution in [0.2, 0.25) is 0 Å². The molecule has 3 amide bonds. The highest BCUT2D eigenvalue weighted by Crippen LogP contribution is 2.30. The van der Waals surface area contributed by atoms with Gasteiger partial charge in [0, 0.05) is 36.0 Å². The van der Waals surface area contributed by atoms with Gasteiger partial charge in [0.05, 0.1) is 0 Å². The number of hydrogen-bond donors (Lipinski definition) is 1. The number of carboxylic acids is 1. The van der Waals surface area contributed by atoms with E-state index in [0.717, 1.165) is 5.39 Å². The zero-order chi connectivity index (χ0) is 20.3. The Morgan fingerprint density at radius 3 is 2.18 bits per heavy atom. The lowest BCUT2D eigenvalue weighted by Gasteiger charge is -2.27. The van der Waals surface area contributed by atoms with Crippen molar-refractivity contribution in [1.29, 1.82) is 0 Å². The third kappa shape index (κ3) is 3.74. The van der Waals surface area contributed by atoms with Crippen LogP contribution in [0.25, 0.3) is 10.8 Å². The second kappa shape index (κ2) is 8.21. The summed E-state index contributed by atoms with van der Waals surface area (Å²) in [4.78, 5) is 51.3. The molecule has 0 fully saturated rings. The molecule has 0 saturated carbocycles. The Hall–Kier alpha value is -3.22. The predicted molar refractivity (Wildman–Crippen MR) is 103 cm³/mol. The summed E-state index contributed by atoms with van der Waals surface area (Å²) in [6.45, 7) is 2.00. The van der Waals surface area contributed by atoms with Crippen molar-refractivity contribution in [3.63, 3.8) is 0 Å². The highest BCUT2D eigenvalue weighted by Gasteiger charge is 2.32. The monoisotopic (exact) mass is 382 g/mol. The second-order valence-corrected chi connectivity index (χ2v) is 6.78. The number of carboxylic acid groups (broad SMARTS) is 1. The fourth-order valence-corrected chi connectivity index (χ4v) is 3.56. The Morgan fingerprint density at radius 1 is 1.04 bits per heavy atom. The van der Waals surface area contributed by atoms with Crippen LogP contribution in [0.15, 0.2) is 36.4 Å². The highest BCUT2D eigenvalue weighted by atomic mass is 16.4. The largest absolute Gasteiger partial charge is 0.480 e. The summed E-state index contributed by atoms with van der Waals surface area (Å²) in [5, 5.41) is 10.4. The molecule has 0 unspecified atom stereocenters. The molecule has 28 heavy (non-hydrogen) atoms. The molecule has 7 nitrogen and oxygen atoms in total. The summed E-state index contributed by atoms with van der Waals surface area (Å²) < 4.78 is 0. The molecule has 2 aromatic carbocycles. The van der Waals surface area contributed by atoms with Crippen LogP contribution in [0.4, 0.5) is 0 Å². The Bertz CT molecular complexity index is 902. The number of aliphatic carboxylic acids is 1. The summed E-state index contributed by atoms with van der Waals surface area (Å²) in [6.07, 6.45) is 1.02. The first kappa shape index (κ1) is 19.5. The second-order valence-electron chi connectivity index (χ2n) is 6.78. The van der Waals surface area contributed by atoms with Gasteiger partial charge in [-0.3, -0.25) is 24.1 Å². The molecule has 1 heterocycles. The Labute approximate surface area is 162 Å². The van der Waals surface area contributed by atoms with E-state index < -0.39 is 5.97 Å². The smallest absolute Gasteiger partial charge is 0.323 e. The normalized spacial score (nSPS) is 13.1. The molecular weight excluding hydrogens is 360 g/mol. The average molecular weight is 382 g/mol. The summed E-state index contributed by atoms with van der Waals surface area (Å²) in [7, 11) is 0. The Balaban J connectivity index is 1.70. The summed E-state index contributed by atoms with van der Waals surface area (Å²) in [5.74, 6) is -2.08. The van der Waals surface area contributed by atoms with Crippen LogP contribution < -0.4 is 0 Å². The number of carbonyl (C=O) groups excluding carboxylic acids is 3. The first-order valence-electron chi connectivity index (χ1n) is 9.31. The highest BCUT2D eigenvalue weighted by molar-refractivity contribution is 6.25. The molecule has 0 saturated heterocycles. The third-order valence-electron chi connectivity index (χ3n) is 4.80. The molecule has 0 aromatic heterocycles. The van der Waals surface area contributed by atoms with Gasteiger partial charge in [-0.1, -0.05) is 31.2 Å². The van der Waals surface area contributed by atoms with Crippen LogP contribution in [-0.4, -0.2) is 58.2 Å². The van der Waals surface area contributed by atoms with Crippen molar-refractivity contribution >= 4 is 34.5 Å². The molecule has 1 aliphatic heterocycles. The standard InChI is InChI=1S/C21H22N2O5/c1-2-11-22(13-18(25)26)17(24)10-5-12-23-20(27)15-8-3-6-14-7-4-9-16(19(14)15)21(23)28/h3-4,6-9H,2,5,10-13H2,1H3,(H,25,26). The number of amides is 3. The summed E-state index contributed by atoms with van der Waals surface area (Å²) >= 11 is 0. The zero-order valence-electron chi connectivity index (χ0n) is 15.7. The fraction of sp³-hybridized carbons (Fsp3) is 0.333. The van der Waals surface area contributed by atoms with Crippen LogP contribution in [0.1, 0.15) is 46.9 Å². The number of rotatable bonds is 8. The Kier molecular flexibility index (Phi) is 5.73. The minimum absolute atomic E-state index is 0.0796. The molecule has 1 N–H and O–H groups in total. The van der Waals surface area contributed by atoms with Crippen LogP contribution in [0.5, 0.6) is 0 Å². The maximum Gasteiger partial charge on any atom is 0.323 e. The molecule has 0 spiro atoms. The topological polar surface area (TPSA) is 95.0 Å². The first-order valence-corrected chi connectivity index (χ1v) is 9.31. The van der Waals surface area contributed by atoms with Crippen molar-refractivity contribution in [1.82, 2.24) is 9.80 Å². The van der Waals surface area contributed by atoms with Gasteiger partial charge >= 0.3 is 5.97 Å². The number of benzene rings is 2. The van der Waals surface area contributed by atoms with E-state index in [9.17, 15) is 19.2 Å². The molecule has 3 rings (SSSR count). The molecule has 7 heteroatoms. The average Bonchev–Trinajstić information content (AvgIpc) is 2.67. The van der Waals surface area contributed by atoms with Gasteiger partial charge < -0.3 is 10.0 Å². The number of carbonyl (C=O) groups is 4. The van der Waals surface area contributed by atoms with E-state index in [2.05, 4.69) is 0 Å². The van der Waals surface area contributed by atoms with E-state index >= 15 is 0 Å². The predicted octanol–water partition coefficient (Wildman–Crippen LogP) is 2.54. The van der Waals surface area contributed by atoms with Crippen LogP contribution in [0.3, 0.4) is 0 Å². The van der Waals surface area contributed by atoms with Crippen LogP contribution >= 0.6 is 0 Å². The molecule has 0 atom stereocenters. The van der Waals surface area contributed by atoms with Crippen LogP contribution in [0, 0.1) is 0 Å². The van der Waals surface area contributed by atoms with Gasteiger partial charge in [-0.15, -0.1) is 0 Å². The summed E-state index contributed by atoms with van der Waals surface area (Å²) in [6, 6.07) is 10.7. The lowest BCUT2D eigenvalue weighted by molar-refractivity contribution is -0.144. The van der Waals surface area contributed by atoms with Gasteiger partial charge in [-0.2, -0.15) is 0 Å². The molecule has 1 aliphatic rings. The van der Waals surface area contributed by atoms with E-state index in [1.807, 2.05) is 19.1 Å². The third-order valence-corrected chi connectivity index (χ3v) is 4.80. The molecule has 0 radical (unpaired) electrons. The number of nitrogens with zero attached hydrogens (tertiary/aromatic N) is 2. The lowest BCUT2D eigenvalue weighted by Crippen LogP contribution is -2.41. The van der Waals surface area contributed by atoms with Crippen molar-refractivity contribution in [3.8, 4) is 0 Å². The zero-order valence-corrected chi connectivity index (χ0v) is 15.7. The number of hydrogen-bond acceptors (Lipinski definition) is 4.